The van der Waals surface area contributed by atoms with Gasteiger partial charge in [0.25, 0.3) is 10.1 Å². The topological polar surface area (TPSA) is 83.8 Å². The summed E-state index contributed by atoms with van der Waals surface area (Å²) in [5.41, 5.74) is 0.748. The highest BCUT2D eigenvalue weighted by Crippen LogP contribution is 2.30. The predicted molar refractivity (Wildman–Crippen MR) is 120 cm³/mol. The summed E-state index contributed by atoms with van der Waals surface area (Å²) in [4.78, 5) is -0.123. The van der Waals surface area contributed by atoms with Crippen LogP contribution in [0, 0.1) is 0 Å². The highest BCUT2D eigenvalue weighted by Gasteiger charge is 2.14. The SMILES string of the molecule is CCCCCCCCCCCCc1cc(S(=O)(=O)O)ccc1Oc1ccc(O)cc1. The van der Waals surface area contributed by atoms with Crippen LogP contribution in [0.1, 0.15) is 76.7 Å². The van der Waals surface area contributed by atoms with Crippen molar-refractivity contribution >= 4 is 10.1 Å². The Morgan fingerprint density at radius 3 is 1.93 bits per heavy atom. The van der Waals surface area contributed by atoms with E-state index in [-0.39, 0.29) is 10.6 Å². The zero-order valence-corrected chi connectivity index (χ0v) is 18.7. The fraction of sp³-hybridized carbons (Fsp3) is 0.500. The summed E-state index contributed by atoms with van der Waals surface area (Å²) in [5.74, 6) is 1.26. The first-order valence-electron chi connectivity index (χ1n) is 11.0. The van der Waals surface area contributed by atoms with Gasteiger partial charge in [0.1, 0.15) is 17.2 Å². The van der Waals surface area contributed by atoms with E-state index in [0.29, 0.717) is 17.9 Å². The molecule has 0 aliphatic heterocycles. The van der Waals surface area contributed by atoms with Crippen molar-refractivity contribution < 1.29 is 22.8 Å². The third-order valence-corrected chi connectivity index (χ3v) is 6.04. The number of hydrogen-bond acceptors (Lipinski definition) is 4. The molecule has 2 aromatic rings. The molecule has 0 saturated carbocycles. The van der Waals surface area contributed by atoms with Crippen LogP contribution in [0.3, 0.4) is 0 Å². The van der Waals surface area contributed by atoms with Gasteiger partial charge < -0.3 is 9.84 Å². The second-order valence-corrected chi connectivity index (χ2v) is 9.19. The molecule has 0 unspecified atom stereocenters. The van der Waals surface area contributed by atoms with E-state index in [1.54, 1.807) is 18.2 Å². The van der Waals surface area contributed by atoms with Crippen LogP contribution in [-0.2, 0) is 16.5 Å². The van der Waals surface area contributed by atoms with E-state index in [1.807, 2.05) is 0 Å². The first-order valence-corrected chi connectivity index (χ1v) is 12.4. The van der Waals surface area contributed by atoms with Crippen molar-refractivity contribution in [3.05, 3.63) is 48.0 Å². The van der Waals surface area contributed by atoms with E-state index >= 15 is 0 Å². The number of rotatable bonds is 14. The Labute approximate surface area is 180 Å². The molecule has 0 aromatic heterocycles. The van der Waals surface area contributed by atoms with Gasteiger partial charge in [0.2, 0.25) is 0 Å². The van der Waals surface area contributed by atoms with Crippen molar-refractivity contribution in [3.63, 3.8) is 0 Å². The zero-order chi connectivity index (χ0) is 21.8. The summed E-state index contributed by atoms with van der Waals surface area (Å²) in [6, 6.07) is 10.8. The van der Waals surface area contributed by atoms with Gasteiger partial charge in [-0.15, -0.1) is 0 Å². The van der Waals surface area contributed by atoms with Crippen LogP contribution in [0.15, 0.2) is 47.4 Å². The van der Waals surface area contributed by atoms with Gasteiger partial charge in [-0.1, -0.05) is 64.7 Å². The average molecular weight is 435 g/mol. The minimum Gasteiger partial charge on any atom is -0.508 e. The van der Waals surface area contributed by atoms with E-state index < -0.39 is 10.1 Å². The molecule has 0 aliphatic carbocycles. The van der Waals surface area contributed by atoms with Gasteiger partial charge in [0.15, 0.2) is 0 Å². The number of phenols is 1. The maximum atomic E-state index is 11.5. The fourth-order valence-corrected chi connectivity index (χ4v) is 3.99. The zero-order valence-electron chi connectivity index (χ0n) is 17.8. The van der Waals surface area contributed by atoms with Crippen LogP contribution in [0.5, 0.6) is 17.2 Å². The molecule has 0 heterocycles. The molecule has 0 amide bonds. The molecule has 5 nitrogen and oxygen atoms in total. The first-order chi connectivity index (χ1) is 14.4. The summed E-state index contributed by atoms with van der Waals surface area (Å²) in [5, 5.41) is 9.41. The first kappa shape index (κ1) is 24.2. The molecule has 0 fully saturated rings. The van der Waals surface area contributed by atoms with E-state index in [1.165, 1.54) is 75.6 Å². The Bertz CT molecular complexity index is 860. The van der Waals surface area contributed by atoms with Crippen molar-refractivity contribution in [3.8, 4) is 17.2 Å². The van der Waals surface area contributed by atoms with Gasteiger partial charge in [-0.3, -0.25) is 4.55 Å². The Kier molecular flexibility index (Phi) is 10.2. The lowest BCUT2D eigenvalue weighted by Crippen LogP contribution is -2.01. The smallest absolute Gasteiger partial charge is 0.294 e. The molecule has 6 heteroatoms. The summed E-state index contributed by atoms with van der Waals surface area (Å²) in [6.07, 6.45) is 12.9. The lowest BCUT2D eigenvalue weighted by atomic mass is 10.0. The number of ether oxygens (including phenoxy) is 1. The third kappa shape index (κ3) is 8.76. The second-order valence-electron chi connectivity index (χ2n) is 7.77. The molecule has 0 spiro atoms. The van der Waals surface area contributed by atoms with Crippen LogP contribution in [0.25, 0.3) is 0 Å². The molecular formula is C24H34O5S. The monoisotopic (exact) mass is 434 g/mol. The van der Waals surface area contributed by atoms with Gasteiger partial charge in [0.05, 0.1) is 4.90 Å². The maximum Gasteiger partial charge on any atom is 0.294 e. The maximum absolute atomic E-state index is 11.5. The fourth-order valence-electron chi connectivity index (χ4n) is 3.46. The van der Waals surface area contributed by atoms with Crippen LogP contribution in [0.4, 0.5) is 0 Å². The average Bonchev–Trinajstić information content (AvgIpc) is 2.71. The van der Waals surface area contributed by atoms with Crippen LogP contribution in [-0.4, -0.2) is 18.1 Å². The van der Waals surface area contributed by atoms with Gasteiger partial charge in [-0.2, -0.15) is 8.42 Å². The van der Waals surface area contributed by atoms with Crippen molar-refractivity contribution in [1.29, 1.82) is 0 Å². The molecule has 30 heavy (non-hydrogen) atoms. The summed E-state index contributed by atoms with van der Waals surface area (Å²) >= 11 is 0. The lowest BCUT2D eigenvalue weighted by molar-refractivity contribution is 0.459. The molecule has 0 bridgehead atoms. The van der Waals surface area contributed by atoms with Crippen molar-refractivity contribution in [2.24, 2.45) is 0 Å². The van der Waals surface area contributed by atoms with E-state index in [2.05, 4.69) is 6.92 Å². The van der Waals surface area contributed by atoms with Gasteiger partial charge in [0, 0.05) is 0 Å². The minimum absolute atomic E-state index is 0.123. The molecule has 2 N–H and O–H groups in total. The van der Waals surface area contributed by atoms with E-state index in [4.69, 9.17) is 4.74 Å². The van der Waals surface area contributed by atoms with Gasteiger partial charge in [-0.25, -0.2) is 0 Å². The summed E-state index contributed by atoms with van der Waals surface area (Å²) in [7, 11) is -4.26. The molecule has 0 atom stereocenters. The largest absolute Gasteiger partial charge is 0.508 e. The minimum atomic E-state index is -4.26. The standard InChI is InChI=1S/C24H34O5S/c1-2-3-4-5-6-7-8-9-10-11-12-20-19-23(30(26,27)28)17-18-24(20)29-22-15-13-21(25)14-16-22/h13-19,25H,2-12H2,1H3,(H,26,27,28). The molecule has 2 rings (SSSR count). The molecule has 0 aliphatic rings. The highest BCUT2D eigenvalue weighted by molar-refractivity contribution is 7.85. The van der Waals surface area contributed by atoms with Crippen molar-refractivity contribution in [1.82, 2.24) is 0 Å². The third-order valence-electron chi connectivity index (χ3n) is 5.19. The normalized spacial score (nSPS) is 11.5. The Balaban J connectivity index is 1.89. The molecule has 166 valence electrons. The number of benzene rings is 2. The summed E-state index contributed by atoms with van der Waals surface area (Å²) < 4.78 is 38.3. The Morgan fingerprint density at radius 1 is 0.800 bits per heavy atom. The summed E-state index contributed by atoms with van der Waals surface area (Å²) in [6.45, 7) is 2.23. The lowest BCUT2D eigenvalue weighted by Gasteiger charge is -2.13. The number of phenolic OH excluding ortho intramolecular Hbond substituents is 1. The Hall–Kier alpha value is -2.05. The van der Waals surface area contributed by atoms with Crippen LogP contribution in [0.2, 0.25) is 0 Å². The van der Waals surface area contributed by atoms with E-state index in [9.17, 15) is 18.1 Å². The Morgan fingerprint density at radius 2 is 1.37 bits per heavy atom. The number of unbranched alkanes of at least 4 members (excludes halogenated alkanes) is 9. The number of aromatic hydroxyl groups is 1. The predicted octanol–water partition coefficient (Wildman–Crippen LogP) is 6.89. The van der Waals surface area contributed by atoms with E-state index in [0.717, 1.165) is 18.4 Å². The van der Waals surface area contributed by atoms with Crippen LogP contribution < -0.4 is 4.74 Å². The van der Waals surface area contributed by atoms with Gasteiger partial charge >= 0.3 is 0 Å². The van der Waals surface area contributed by atoms with Crippen molar-refractivity contribution in [2.75, 3.05) is 0 Å². The van der Waals surface area contributed by atoms with Gasteiger partial charge in [-0.05, 0) is 60.9 Å². The molecule has 0 radical (unpaired) electrons. The molecule has 0 saturated heterocycles. The number of hydrogen-bond donors (Lipinski definition) is 2. The highest BCUT2D eigenvalue weighted by atomic mass is 32.2. The quantitative estimate of drug-likeness (QED) is 0.250. The number of aryl methyl sites for hydroxylation is 1. The second kappa shape index (κ2) is 12.6. The van der Waals surface area contributed by atoms with Crippen LogP contribution >= 0.6 is 0 Å². The molecule has 2 aromatic carbocycles. The van der Waals surface area contributed by atoms with Crippen molar-refractivity contribution in [2.45, 2.75) is 82.4 Å². The molecular weight excluding hydrogens is 400 g/mol.